The third kappa shape index (κ3) is 1.73. The Morgan fingerprint density at radius 3 is 3.00 bits per heavy atom. The molecule has 7 heteroatoms. The summed E-state index contributed by atoms with van der Waals surface area (Å²) in [7, 11) is 0. The lowest BCUT2D eigenvalue weighted by atomic mass is 10.4. The molecule has 14 heavy (non-hydrogen) atoms. The van der Waals surface area contributed by atoms with Crippen LogP contribution in [0.15, 0.2) is 0 Å². The molecule has 0 N–H and O–H groups in total. The number of hydrogen-bond donors (Lipinski definition) is 0. The number of halogens is 1. The van der Waals surface area contributed by atoms with Crippen LogP contribution >= 0.6 is 22.6 Å². The minimum atomic E-state index is -0.399. The fourth-order valence-corrected chi connectivity index (χ4v) is 2.12. The number of rotatable bonds is 3. The summed E-state index contributed by atoms with van der Waals surface area (Å²) in [4.78, 5) is 14.4. The quantitative estimate of drug-likeness (QED) is 0.363. The molecule has 1 saturated heterocycles. The highest BCUT2D eigenvalue weighted by Crippen LogP contribution is 2.24. The maximum absolute atomic E-state index is 10.8. The lowest BCUT2D eigenvalue weighted by Gasteiger charge is -1.99. The molecule has 1 fully saturated rings. The van der Waals surface area contributed by atoms with Crippen molar-refractivity contribution >= 4 is 28.4 Å². The zero-order valence-electron chi connectivity index (χ0n) is 7.44. The number of imidazole rings is 1. The van der Waals surface area contributed by atoms with Gasteiger partial charge in [-0.1, -0.05) is 0 Å². The number of ether oxygens (including phenoxy) is 1. The van der Waals surface area contributed by atoms with Gasteiger partial charge < -0.3 is 14.9 Å². The highest BCUT2D eigenvalue weighted by Gasteiger charge is 2.31. The fourth-order valence-electron chi connectivity index (χ4n) is 1.29. The molecule has 1 aromatic rings. The van der Waals surface area contributed by atoms with Crippen molar-refractivity contribution in [1.29, 1.82) is 0 Å². The van der Waals surface area contributed by atoms with Crippen LogP contribution in [0.4, 0.5) is 5.82 Å². The zero-order chi connectivity index (χ0) is 10.3. The standard InChI is InChI=1S/C7H8IN3O3/c1-4-9-6(8)7(11(12)13)10(4)2-5-3-14-5/h5H,2-3H2,1H3. The number of nitro groups is 1. The summed E-state index contributed by atoms with van der Waals surface area (Å²) >= 11 is 1.87. The molecule has 0 bridgehead atoms. The van der Waals surface area contributed by atoms with Gasteiger partial charge in [-0.2, -0.15) is 4.98 Å². The average molecular weight is 309 g/mol. The fraction of sp³-hybridized carbons (Fsp3) is 0.571. The Hall–Kier alpha value is -0.700. The maximum atomic E-state index is 10.8. The van der Waals surface area contributed by atoms with E-state index in [2.05, 4.69) is 4.98 Å². The summed E-state index contributed by atoms with van der Waals surface area (Å²) in [5.41, 5.74) is 0. The summed E-state index contributed by atoms with van der Waals surface area (Å²) < 4.78 is 7.07. The smallest absolute Gasteiger partial charge is 0.356 e. The van der Waals surface area contributed by atoms with Gasteiger partial charge in [0.2, 0.25) is 0 Å². The summed E-state index contributed by atoms with van der Waals surface area (Å²) in [6, 6.07) is 0. The first kappa shape index (κ1) is 9.84. The van der Waals surface area contributed by atoms with E-state index in [1.54, 1.807) is 11.5 Å². The molecule has 6 nitrogen and oxygen atoms in total. The predicted molar refractivity (Wildman–Crippen MR) is 56.1 cm³/mol. The molecule has 1 aromatic heterocycles. The van der Waals surface area contributed by atoms with Gasteiger partial charge in [-0.05, 0) is 27.5 Å². The largest absolute Gasteiger partial charge is 0.369 e. The first-order valence-electron chi connectivity index (χ1n) is 4.08. The summed E-state index contributed by atoms with van der Waals surface area (Å²) in [6.45, 7) is 2.97. The van der Waals surface area contributed by atoms with E-state index in [1.807, 2.05) is 22.6 Å². The van der Waals surface area contributed by atoms with Crippen LogP contribution in [0.5, 0.6) is 0 Å². The third-order valence-electron chi connectivity index (χ3n) is 2.05. The lowest BCUT2D eigenvalue weighted by molar-refractivity contribution is -0.393. The Balaban J connectivity index is 2.38. The second kappa shape index (κ2) is 3.46. The molecule has 0 amide bonds. The van der Waals surface area contributed by atoms with Crippen LogP contribution in [0, 0.1) is 20.7 Å². The molecule has 1 aliphatic rings. The maximum Gasteiger partial charge on any atom is 0.356 e. The molecule has 0 saturated carbocycles. The zero-order valence-corrected chi connectivity index (χ0v) is 9.59. The van der Waals surface area contributed by atoms with E-state index in [4.69, 9.17) is 4.74 Å². The van der Waals surface area contributed by atoms with E-state index < -0.39 is 4.92 Å². The first-order valence-corrected chi connectivity index (χ1v) is 5.16. The van der Waals surface area contributed by atoms with Crippen LogP contribution in [-0.4, -0.2) is 27.2 Å². The number of hydrogen-bond acceptors (Lipinski definition) is 4. The van der Waals surface area contributed by atoms with Gasteiger partial charge in [0.05, 0.1) is 6.61 Å². The summed E-state index contributed by atoms with van der Waals surface area (Å²) in [6.07, 6.45) is 0.123. The van der Waals surface area contributed by atoms with E-state index in [0.717, 1.165) is 0 Å². The summed E-state index contributed by atoms with van der Waals surface area (Å²) in [5, 5.41) is 10.8. The van der Waals surface area contributed by atoms with Crippen LogP contribution in [0.1, 0.15) is 5.82 Å². The van der Waals surface area contributed by atoms with Crippen molar-refractivity contribution in [1.82, 2.24) is 9.55 Å². The number of epoxide rings is 1. The lowest BCUT2D eigenvalue weighted by Crippen LogP contribution is -2.09. The van der Waals surface area contributed by atoms with Crippen LogP contribution in [-0.2, 0) is 11.3 Å². The highest BCUT2D eigenvalue weighted by molar-refractivity contribution is 14.1. The molecule has 76 valence electrons. The van der Waals surface area contributed by atoms with Crippen LogP contribution < -0.4 is 0 Å². The SMILES string of the molecule is Cc1nc(I)c([N+](=O)[O-])n1CC1CO1. The Kier molecular flexibility index (Phi) is 2.43. The van der Waals surface area contributed by atoms with Crippen molar-refractivity contribution < 1.29 is 9.66 Å². The van der Waals surface area contributed by atoms with E-state index in [1.165, 1.54) is 0 Å². The van der Waals surface area contributed by atoms with Crippen molar-refractivity contribution in [3.05, 3.63) is 19.6 Å². The molecule has 0 aromatic carbocycles. The van der Waals surface area contributed by atoms with E-state index in [9.17, 15) is 10.1 Å². The molecule has 1 atom stereocenters. The molecule has 2 rings (SSSR count). The number of nitrogens with zero attached hydrogens (tertiary/aromatic N) is 3. The molecule has 0 spiro atoms. The van der Waals surface area contributed by atoms with E-state index >= 15 is 0 Å². The van der Waals surface area contributed by atoms with Gasteiger partial charge in [-0.25, -0.2) is 4.57 Å². The third-order valence-corrected chi connectivity index (χ3v) is 2.78. The Bertz CT molecular complexity index is 386. The Morgan fingerprint density at radius 2 is 2.50 bits per heavy atom. The van der Waals surface area contributed by atoms with Gasteiger partial charge in [-0.3, -0.25) is 0 Å². The second-order valence-electron chi connectivity index (χ2n) is 3.10. The van der Waals surface area contributed by atoms with Crippen molar-refractivity contribution in [3.63, 3.8) is 0 Å². The minimum Gasteiger partial charge on any atom is -0.369 e. The Morgan fingerprint density at radius 1 is 1.86 bits per heavy atom. The number of aromatic nitrogens is 2. The van der Waals surface area contributed by atoms with Crippen LogP contribution in [0.3, 0.4) is 0 Å². The monoisotopic (exact) mass is 309 g/mol. The minimum absolute atomic E-state index is 0.0681. The molecular weight excluding hydrogens is 301 g/mol. The molecule has 0 aliphatic carbocycles. The second-order valence-corrected chi connectivity index (χ2v) is 4.12. The van der Waals surface area contributed by atoms with E-state index in [-0.39, 0.29) is 11.9 Å². The van der Waals surface area contributed by atoms with Gasteiger partial charge >= 0.3 is 5.82 Å². The Labute approximate surface area is 93.6 Å². The number of aryl methyl sites for hydroxylation is 1. The normalized spacial score (nSPS) is 19.7. The predicted octanol–water partition coefficient (Wildman–Crippen LogP) is 1.10. The average Bonchev–Trinajstić information content (AvgIpc) is 2.80. The van der Waals surface area contributed by atoms with Crippen LogP contribution in [0.25, 0.3) is 0 Å². The highest BCUT2D eigenvalue weighted by atomic mass is 127. The first-order chi connectivity index (χ1) is 6.59. The molecular formula is C7H8IN3O3. The molecule has 0 radical (unpaired) electrons. The van der Waals surface area contributed by atoms with Gasteiger partial charge in [0.1, 0.15) is 12.6 Å². The van der Waals surface area contributed by atoms with Crippen molar-refractivity contribution in [2.45, 2.75) is 19.6 Å². The topological polar surface area (TPSA) is 73.5 Å². The van der Waals surface area contributed by atoms with Gasteiger partial charge in [-0.15, -0.1) is 0 Å². The molecule has 1 unspecified atom stereocenters. The van der Waals surface area contributed by atoms with Gasteiger partial charge in [0, 0.05) is 6.92 Å². The van der Waals surface area contributed by atoms with Gasteiger partial charge in [0.15, 0.2) is 9.53 Å². The molecule has 2 heterocycles. The van der Waals surface area contributed by atoms with Crippen molar-refractivity contribution in [2.24, 2.45) is 0 Å². The molecule has 1 aliphatic heterocycles. The summed E-state index contributed by atoms with van der Waals surface area (Å²) in [5.74, 6) is 0.732. The van der Waals surface area contributed by atoms with Crippen LogP contribution in [0.2, 0.25) is 0 Å². The van der Waals surface area contributed by atoms with Crippen molar-refractivity contribution in [3.8, 4) is 0 Å². The van der Waals surface area contributed by atoms with Gasteiger partial charge in [0.25, 0.3) is 0 Å². The van der Waals surface area contributed by atoms with E-state index in [0.29, 0.717) is 22.7 Å². The van der Waals surface area contributed by atoms with Crippen molar-refractivity contribution in [2.75, 3.05) is 6.61 Å².